The summed E-state index contributed by atoms with van der Waals surface area (Å²) in [4.78, 5) is 10.6. The van der Waals surface area contributed by atoms with Gasteiger partial charge in [0.15, 0.2) is 0 Å². The van der Waals surface area contributed by atoms with Crippen molar-refractivity contribution in [2.45, 2.75) is 26.2 Å². The molecular formula is C11H14LiO2. The van der Waals surface area contributed by atoms with E-state index in [0.717, 1.165) is 5.56 Å². The Labute approximate surface area is 96.5 Å². The van der Waals surface area contributed by atoms with Crippen molar-refractivity contribution in [3.05, 3.63) is 35.4 Å². The fourth-order valence-corrected chi connectivity index (χ4v) is 1.11. The minimum atomic E-state index is -0.875. The molecule has 0 aromatic heterocycles. The van der Waals surface area contributed by atoms with Gasteiger partial charge in [0.1, 0.15) is 0 Å². The average Bonchev–Trinajstić information content (AvgIpc) is 2.03. The van der Waals surface area contributed by atoms with Crippen LogP contribution in [0.5, 0.6) is 0 Å². The molecule has 0 atom stereocenters. The van der Waals surface area contributed by atoms with E-state index in [-0.39, 0.29) is 24.3 Å². The molecule has 1 radical (unpaired) electrons. The van der Waals surface area contributed by atoms with Crippen LogP contribution < -0.4 is 0 Å². The van der Waals surface area contributed by atoms with Crippen molar-refractivity contribution in [2.75, 3.05) is 0 Å². The monoisotopic (exact) mass is 185 g/mol. The van der Waals surface area contributed by atoms with Crippen LogP contribution in [0.1, 0.15) is 36.7 Å². The third kappa shape index (κ3) is 3.21. The predicted molar refractivity (Wildman–Crippen MR) is 57.9 cm³/mol. The van der Waals surface area contributed by atoms with E-state index in [4.69, 9.17) is 5.11 Å². The summed E-state index contributed by atoms with van der Waals surface area (Å²) < 4.78 is 0. The summed E-state index contributed by atoms with van der Waals surface area (Å²) in [5, 5.41) is 8.68. The molecule has 0 heterocycles. The summed E-state index contributed by atoms with van der Waals surface area (Å²) in [7, 11) is 0. The molecule has 0 aliphatic heterocycles. The topological polar surface area (TPSA) is 37.3 Å². The summed E-state index contributed by atoms with van der Waals surface area (Å²) in [6.45, 7) is 6.30. The number of rotatable bonds is 1. The molecule has 0 bridgehead atoms. The molecule has 0 fully saturated rings. The second kappa shape index (κ2) is 4.68. The standard InChI is InChI=1S/C11H14O2.Li/c1-11(2,3)9-6-4-8(5-7-9)10(12)13;/h4-7H,1-3H3,(H,12,13);. The molecule has 1 aromatic carbocycles. The Kier molecular flexibility index (Phi) is 4.44. The van der Waals surface area contributed by atoms with Gasteiger partial charge in [-0.15, -0.1) is 0 Å². The second-order valence-corrected chi connectivity index (χ2v) is 4.13. The second-order valence-electron chi connectivity index (χ2n) is 4.13. The van der Waals surface area contributed by atoms with Crippen molar-refractivity contribution in [2.24, 2.45) is 0 Å². The minimum absolute atomic E-state index is 0. The Morgan fingerprint density at radius 2 is 1.57 bits per heavy atom. The van der Waals surface area contributed by atoms with Gasteiger partial charge in [-0.3, -0.25) is 0 Å². The van der Waals surface area contributed by atoms with Crippen LogP contribution in [-0.2, 0) is 5.41 Å². The van der Waals surface area contributed by atoms with Crippen molar-refractivity contribution in [1.82, 2.24) is 0 Å². The molecule has 1 N–H and O–H groups in total. The van der Waals surface area contributed by atoms with Crippen LogP contribution >= 0.6 is 0 Å². The number of carboxylic acid groups (broad SMARTS) is 1. The molecular weight excluding hydrogens is 171 g/mol. The maximum Gasteiger partial charge on any atom is 0.335 e. The number of benzene rings is 1. The molecule has 0 aliphatic carbocycles. The molecule has 1 aromatic rings. The van der Waals surface area contributed by atoms with Gasteiger partial charge in [0.2, 0.25) is 0 Å². The summed E-state index contributed by atoms with van der Waals surface area (Å²) in [5.41, 5.74) is 1.57. The Bertz CT molecular complexity index is 309. The van der Waals surface area contributed by atoms with E-state index >= 15 is 0 Å². The van der Waals surface area contributed by atoms with Gasteiger partial charge >= 0.3 is 5.97 Å². The Hall–Kier alpha value is -0.713. The molecule has 0 amide bonds. The summed E-state index contributed by atoms with van der Waals surface area (Å²) in [6, 6.07) is 7.01. The molecule has 0 saturated carbocycles. The molecule has 14 heavy (non-hydrogen) atoms. The zero-order chi connectivity index (χ0) is 10.1. The zero-order valence-corrected chi connectivity index (χ0v) is 9.16. The smallest absolute Gasteiger partial charge is 0.335 e. The van der Waals surface area contributed by atoms with Gasteiger partial charge in [-0.05, 0) is 23.1 Å². The Morgan fingerprint density at radius 1 is 1.14 bits per heavy atom. The fraction of sp³-hybridized carbons (Fsp3) is 0.364. The van der Waals surface area contributed by atoms with Crippen LogP contribution in [0.15, 0.2) is 24.3 Å². The molecule has 71 valence electrons. The number of hydrogen-bond donors (Lipinski definition) is 1. The maximum absolute atomic E-state index is 10.6. The first kappa shape index (κ1) is 13.3. The van der Waals surface area contributed by atoms with Crippen LogP contribution in [0.3, 0.4) is 0 Å². The van der Waals surface area contributed by atoms with E-state index in [0.29, 0.717) is 5.56 Å². The first-order chi connectivity index (χ1) is 5.91. The van der Waals surface area contributed by atoms with Crippen LogP contribution in [0.25, 0.3) is 0 Å². The average molecular weight is 185 g/mol. The first-order valence-corrected chi connectivity index (χ1v) is 4.25. The van der Waals surface area contributed by atoms with E-state index in [1.165, 1.54) is 0 Å². The van der Waals surface area contributed by atoms with Crippen molar-refractivity contribution < 1.29 is 9.90 Å². The third-order valence-electron chi connectivity index (χ3n) is 2.00. The van der Waals surface area contributed by atoms with E-state index in [1.807, 2.05) is 12.1 Å². The molecule has 0 unspecified atom stereocenters. The van der Waals surface area contributed by atoms with E-state index in [1.54, 1.807) is 12.1 Å². The van der Waals surface area contributed by atoms with Crippen LogP contribution in [0.2, 0.25) is 0 Å². The van der Waals surface area contributed by atoms with Crippen molar-refractivity contribution in [3.8, 4) is 0 Å². The van der Waals surface area contributed by atoms with E-state index < -0.39 is 5.97 Å². The van der Waals surface area contributed by atoms with E-state index in [9.17, 15) is 4.79 Å². The largest absolute Gasteiger partial charge is 0.478 e. The quantitative estimate of drug-likeness (QED) is 0.681. The number of aromatic carboxylic acids is 1. The zero-order valence-electron chi connectivity index (χ0n) is 9.16. The number of hydrogen-bond acceptors (Lipinski definition) is 1. The maximum atomic E-state index is 10.6. The summed E-state index contributed by atoms with van der Waals surface area (Å²) in [5.74, 6) is -0.875. The molecule has 0 saturated heterocycles. The van der Waals surface area contributed by atoms with Crippen molar-refractivity contribution in [1.29, 1.82) is 0 Å². The van der Waals surface area contributed by atoms with Gasteiger partial charge < -0.3 is 5.11 Å². The Morgan fingerprint density at radius 3 is 1.86 bits per heavy atom. The Balaban J connectivity index is 0.00000169. The molecule has 0 aliphatic rings. The van der Waals surface area contributed by atoms with Crippen LogP contribution in [-0.4, -0.2) is 29.9 Å². The summed E-state index contributed by atoms with van der Waals surface area (Å²) >= 11 is 0. The number of carbonyl (C=O) groups is 1. The van der Waals surface area contributed by atoms with Crippen LogP contribution in [0, 0.1) is 0 Å². The normalized spacial score (nSPS) is 10.5. The molecule has 3 heteroatoms. The molecule has 1 rings (SSSR count). The SMILES string of the molecule is CC(C)(C)c1ccc(C(=O)O)cc1.[Li]. The van der Waals surface area contributed by atoms with Gasteiger partial charge in [-0.1, -0.05) is 32.9 Å². The van der Waals surface area contributed by atoms with Crippen molar-refractivity contribution in [3.63, 3.8) is 0 Å². The van der Waals surface area contributed by atoms with E-state index in [2.05, 4.69) is 20.8 Å². The van der Waals surface area contributed by atoms with Gasteiger partial charge in [-0.2, -0.15) is 0 Å². The molecule has 0 spiro atoms. The first-order valence-electron chi connectivity index (χ1n) is 4.25. The minimum Gasteiger partial charge on any atom is -0.478 e. The van der Waals surface area contributed by atoms with Gasteiger partial charge in [0, 0.05) is 18.9 Å². The molecule has 2 nitrogen and oxygen atoms in total. The number of carboxylic acids is 1. The van der Waals surface area contributed by atoms with Crippen LogP contribution in [0.4, 0.5) is 0 Å². The third-order valence-corrected chi connectivity index (χ3v) is 2.00. The van der Waals surface area contributed by atoms with Gasteiger partial charge in [0.25, 0.3) is 0 Å². The van der Waals surface area contributed by atoms with Gasteiger partial charge in [-0.25, -0.2) is 4.79 Å². The predicted octanol–water partition coefficient (Wildman–Crippen LogP) is 2.30. The fourth-order valence-electron chi connectivity index (χ4n) is 1.11. The van der Waals surface area contributed by atoms with Crippen molar-refractivity contribution >= 4 is 24.8 Å². The summed E-state index contributed by atoms with van der Waals surface area (Å²) in [6.07, 6.45) is 0. The van der Waals surface area contributed by atoms with Gasteiger partial charge in [0.05, 0.1) is 5.56 Å².